The summed E-state index contributed by atoms with van der Waals surface area (Å²) in [5, 5.41) is 9.36. The maximum absolute atomic E-state index is 13.9. The van der Waals surface area contributed by atoms with Gasteiger partial charge in [0, 0.05) is 38.8 Å². The molecule has 0 spiro atoms. The molecule has 0 saturated carbocycles. The lowest BCUT2D eigenvalue weighted by molar-refractivity contribution is 0.0282. The van der Waals surface area contributed by atoms with E-state index in [1.54, 1.807) is 30.3 Å². The molecule has 3 aromatic heterocycles. The molecule has 0 aliphatic carbocycles. The van der Waals surface area contributed by atoms with Crippen molar-refractivity contribution in [1.82, 2.24) is 29.3 Å². The van der Waals surface area contributed by atoms with E-state index in [0.717, 1.165) is 11.3 Å². The molecule has 13 heteroatoms. The minimum atomic E-state index is -0.975. The zero-order chi connectivity index (χ0) is 31.2. The number of rotatable bonds is 6. The third-order valence-electron chi connectivity index (χ3n) is 7.62. The van der Waals surface area contributed by atoms with Crippen molar-refractivity contribution >= 4 is 29.7 Å². The van der Waals surface area contributed by atoms with Crippen LogP contribution in [0.1, 0.15) is 62.1 Å². The summed E-state index contributed by atoms with van der Waals surface area (Å²) in [6.07, 6.45) is 0.240. The van der Waals surface area contributed by atoms with Crippen LogP contribution < -0.4 is 9.80 Å². The van der Waals surface area contributed by atoms with Gasteiger partial charge in [-0.1, -0.05) is 6.07 Å². The molecule has 2 aliphatic heterocycles. The van der Waals surface area contributed by atoms with Crippen LogP contribution in [0.15, 0.2) is 30.5 Å². The number of hydrogen-bond donors (Lipinski definition) is 1. The predicted octanol–water partition coefficient (Wildman–Crippen LogP) is 4.21. The van der Waals surface area contributed by atoms with E-state index in [9.17, 15) is 19.5 Å². The molecule has 3 amide bonds. The smallest absolute Gasteiger partial charge is 0.410 e. The zero-order valence-corrected chi connectivity index (χ0v) is 25.7. The molecule has 1 N–H and O–H groups in total. The quantitative estimate of drug-likeness (QED) is 0.448. The first-order valence-electron chi connectivity index (χ1n) is 14.2. The molecule has 5 heterocycles. The third-order valence-corrected chi connectivity index (χ3v) is 7.62. The molecular weight excluding hydrogens is 552 g/mol. The number of fused-ring (bicyclic) bond motifs is 2. The van der Waals surface area contributed by atoms with E-state index in [4.69, 9.17) is 14.7 Å². The van der Waals surface area contributed by atoms with E-state index in [1.165, 1.54) is 9.80 Å². The van der Waals surface area contributed by atoms with Crippen LogP contribution in [-0.4, -0.2) is 84.8 Å². The Hall–Kier alpha value is -4.68. The third kappa shape index (κ3) is 5.97. The van der Waals surface area contributed by atoms with Crippen molar-refractivity contribution in [3.8, 4) is 11.4 Å². The summed E-state index contributed by atoms with van der Waals surface area (Å²) >= 11 is 0. The Kier molecular flexibility index (Phi) is 7.76. The molecule has 5 rings (SSSR count). The largest absolute Gasteiger partial charge is 0.465 e. The SMILES string of the molecule is CC(C)N(C)c1cc2c(c(CN(C)C(=O)OC(C)(C)C)n1)CN(c1cccc(-c3cnc4n3CCN(C(=O)O)C4)n1)C2=O. The highest BCUT2D eigenvalue weighted by Crippen LogP contribution is 2.34. The number of imidazole rings is 1. The van der Waals surface area contributed by atoms with Crippen LogP contribution in [0.3, 0.4) is 0 Å². The summed E-state index contributed by atoms with van der Waals surface area (Å²) in [6.45, 7) is 11.0. The monoisotopic (exact) mass is 590 g/mol. The highest BCUT2D eigenvalue weighted by atomic mass is 16.6. The standard InChI is InChI=1S/C30H38N8O5/c1-18(2)35(7)25-13-19-20(22(33-25)16-34(6)29(42)43-30(3,4)5)15-38(27(19)39)24-10-8-9-21(32-24)23-14-31-26-17-36(28(40)41)11-12-37(23)26/h8-10,13-14,18H,11-12,15-17H2,1-7H3,(H,40,41). The molecular formula is C30H38N8O5. The second kappa shape index (κ2) is 11.2. The first kappa shape index (κ1) is 29.8. The van der Waals surface area contributed by atoms with Crippen LogP contribution in [0.4, 0.5) is 21.2 Å². The van der Waals surface area contributed by atoms with Crippen molar-refractivity contribution < 1.29 is 24.2 Å². The van der Waals surface area contributed by atoms with Gasteiger partial charge < -0.3 is 24.2 Å². The number of nitrogens with zero attached hydrogens (tertiary/aromatic N) is 8. The van der Waals surface area contributed by atoms with Crippen LogP contribution in [0, 0.1) is 0 Å². The van der Waals surface area contributed by atoms with Crippen LogP contribution >= 0.6 is 0 Å². The number of pyridine rings is 2. The average molecular weight is 591 g/mol. The number of ether oxygens (including phenoxy) is 1. The van der Waals surface area contributed by atoms with Crippen molar-refractivity contribution in [3.63, 3.8) is 0 Å². The van der Waals surface area contributed by atoms with Crippen molar-refractivity contribution in [3.05, 3.63) is 53.1 Å². The van der Waals surface area contributed by atoms with E-state index >= 15 is 0 Å². The normalized spacial score (nSPS) is 14.6. The second-order valence-corrected chi connectivity index (χ2v) is 12.2. The Morgan fingerprint density at radius 3 is 2.53 bits per heavy atom. The molecule has 0 unspecified atom stereocenters. The molecule has 0 radical (unpaired) electrons. The molecule has 43 heavy (non-hydrogen) atoms. The number of hydrogen-bond acceptors (Lipinski definition) is 8. The molecule has 0 saturated heterocycles. The van der Waals surface area contributed by atoms with Crippen molar-refractivity contribution in [2.45, 2.75) is 72.4 Å². The van der Waals surface area contributed by atoms with E-state index in [1.807, 2.05) is 63.3 Å². The van der Waals surface area contributed by atoms with Gasteiger partial charge >= 0.3 is 12.2 Å². The lowest BCUT2D eigenvalue weighted by atomic mass is 10.1. The highest BCUT2D eigenvalue weighted by molar-refractivity contribution is 6.10. The van der Waals surface area contributed by atoms with Crippen LogP contribution in [-0.2, 0) is 30.9 Å². The van der Waals surface area contributed by atoms with Gasteiger partial charge in [-0.05, 0) is 52.8 Å². The van der Waals surface area contributed by atoms with E-state index in [2.05, 4.69) is 4.98 Å². The highest BCUT2D eigenvalue weighted by Gasteiger charge is 2.34. The Bertz CT molecular complexity index is 1580. The summed E-state index contributed by atoms with van der Waals surface area (Å²) in [5.74, 6) is 1.56. The van der Waals surface area contributed by atoms with Crippen molar-refractivity contribution in [1.29, 1.82) is 0 Å². The molecule has 0 fully saturated rings. The fraction of sp³-hybridized carbons (Fsp3) is 0.467. The lowest BCUT2D eigenvalue weighted by Gasteiger charge is -2.26. The van der Waals surface area contributed by atoms with Gasteiger partial charge in [-0.2, -0.15) is 0 Å². The number of aromatic nitrogens is 4. The van der Waals surface area contributed by atoms with Gasteiger partial charge in [0.1, 0.15) is 23.1 Å². The van der Waals surface area contributed by atoms with Crippen LogP contribution in [0.5, 0.6) is 0 Å². The molecule has 2 aliphatic rings. The predicted molar refractivity (Wildman–Crippen MR) is 160 cm³/mol. The summed E-state index contributed by atoms with van der Waals surface area (Å²) in [4.78, 5) is 58.7. The molecule has 13 nitrogen and oxygen atoms in total. The number of carboxylic acid groups (broad SMARTS) is 1. The first-order valence-corrected chi connectivity index (χ1v) is 14.2. The van der Waals surface area contributed by atoms with Crippen LogP contribution in [0.25, 0.3) is 11.4 Å². The summed E-state index contributed by atoms with van der Waals surface area (Å²) in [6, 6.07) is 7.42. The fourth-order valence-electron chi connectivity index (χ4n) is 5.09. The topological polar surface area (TPSA) is 137 Å². The van der Waals surface area contributed by atoms with Gasteiger partial charge in [-0.25, -0.2) is 24.5 Å². The van der Waals surface area contributed by atoms with E-state index in [-0.39, 0.29) is 31.6 Å². The Morgan fingerprint density at radius 2 is 1.86 bits per heavy atom. The van der Waals surface area contributed by atoms with Gasteiger partial charge in [0.2, 0.25) is 0 Å². The molecule has 0 bridgehead atoms. The minimum absolute atomic E-state index is 0.136. The molecule has 228 valence electrons. The lowest BCUT2D eigenvalue weighted by Crippen LogP contribution is -2.37. The van der Waals surface area contributed by atoms with E-state index < -0.39 is 17.8 Å². The zero-order valence-electron chi connectivity index (χ0n) is 25.7. The minimum Gasteiger partial charge on any atom is -0.465 e. The van der Waals surface area contributed by atoms with Gasteiger partial charge in [-0.15, -0.1) is 0 Å². The second-order valence-electron chi connectivity index (χ2n) is 12.2. The number of anilines is 2. The number of carbonyl (C=O) groups excluding carboxylic acids is 2. The Labute approximate surface area is 250 Å². The van der Waals surface area contributed by atoms with Crippen molar-refractivity contribution in [2.75, 3.05) is 30.4 Å². The first-order chi connectivity index (χ1) is 20.2. The Balaban J connectivity index is 1.46. The summed E-state index contributed by atoms with van der Waals surface area (Å²) in [7, 11) is 3.58. The van der Waals surface area contributed by atoms with Gasteiger partial charge in [-0.3, -0.25) is 14.6 Å². The molecule has 0 aromatic carbocycles. The van der Waals surface area contributed by atoms with Crippen LogP contribution in [0.2, 0.25) is 0 Å². The van der Waals surface area contributed by atoms with Gasteiger partial charge in [0.25, 0.3) is 5.91 Å². The fourth-order valence-corrected chi connectivity index (χ4v) is 5.09. The molecule has 3 aromatic rings. The summed E-state index contributed by atoms with van der Waals surface area (Å²) < 4.78 is 7.51. The van der Waals surface area contributed by atoms with Gasteiger partial charge in [0.05, 0.1) is 48.5 Å². The maximum Gasteiger partial charge on any atom is 0.410 e. The van der Waals surface area contributed by atoms with Crippen molar-refractivity contribution in [2.24, 2.45) is 0 Å². The average Bonchev–Trinajstić information content (AvgIpc) is 3.52. The van der Waals surface area contributed by atoms with Gasteiger partial charge in [0.15, 0.2) is 0 Å². The molecule has 0 atom stereocenters. The number of carbonyl (C=O) groups is 3. The number of amides is 3. The maximum atomic E-state index is 13.9. The summed E-state index contributed by atoms with van der Waals surface area (Å²) in [5.41, 5.74) is 2.62. The van der Waals surface area contributed by atoms with E-state index in [0.29, 0.717) is 47.5 Å². The Morgan fingerprint density at radius 1 is 1.12 bits per heavy atom.